The Morgan fingerprint density at radius 2 is 2.17 bits per heavy atom. The maximum Gasteiger partial charge on any atom is 0.253 e. The Morgan fingerprint density at radius 3 is 2.87 bits per heavy atom. The monoisotopic (exact) mass is 317 g/mol. The van der Waals surface area contributed by atoms with E-state index in [1.165, 1.54) is 6.42 Å². The summed E-state index contributed by atoms with van der Waals surface area (Å²) in [6, 6.07) is 7.60. The summed E-state index contributed by atoms with van der Waals surface area (Å²) >= 11 is 0. The van der Waals surface area contributed by atoms with Gasteiger partial charge in [0.2, 0.25) is 5.91 Å². The van der Waals surface area contributed by atoms with E-state index >= 15 is 0 Å². The van der Waals surface area contributed by atoms with Crippen molar-refractivity contribution in [3.8, 4) is 0 Å². The average Bonchev–Trinajstić information content (AvgIpc) is 3.06. The number of nitrogens with one attached hydrogen (secondary N) is 2. The van der Waals surface area contributed by atoms with E-state index in [9.17, 15) is 9.59 Å². The highest BCUT2D eigenvalue weighted by Gasteiger charge is 2.15. The van der Waals surface area contributed by atoms with Crippen molar-refractivity contribution >= 4 is 11.8 Å². The van der Waals surface area contributed by atoms with Crippen LogP contribution in [0.1, 0.15) is 35.2 Å². The van der Waals surface area contributed by atoms with Gasteiger partial charge in [0.15, 0.2) is 0 Å². The highest BCUT2D eigenvalue weighted by atomic mass is 16.2. The summed E-state index contributed by atoms with van der Waals surface area (Å²) in [6.45, 7) is 2.73. The van der Waals surface area contributed by atoms with Gasteiger partial charge in [0.05, 0.1) is 0 Å². The number of amides is 2. The fraction of sp³-hybridized carbons (Fsp3) is 0.556. The third-order valence-corrected chi connectivity index (χ3v) is 4.26. The van der Waals surface area contributed by atoms with E-state index in [4.69, 9.17) is 0 Å². The Labute approximate surface area is 138 Å². The normalized spacial score (nSPS) is 17.0. The summed E-state index contributed by atoms with van der Waals surface area (Å²) in [5.41, 5.74) is 1.76. The van der Waals surface area contributed by atoms with E-state index in [1.807, 2.05) is 24.3 Å². The summed E-state index contributed by atoms with van der Waals surface area (Å²) in [5, 5.41) is 6.29. The van der Waals surface area contributed by atoms with Gasteiger partial charge in [-0.1, -0.05) is 12.1 Å². The molecular weight excluding hydrogens is 290 g/mol. The Kier molecular flexibility index (Phi) is 6.59. The van der Waals surface area contributed by atoms with Crippen molar-refractivity contribution in [3.05, 3.63) is 35.4 Å². The van der Waals surface area contributed by atoms with Gasteiger partial charge in [-0.25, -0.2) is 0 Å². The standard InChI is InChI=1S/C18H27N3O2/c1-21(2)18(23)16-5-3-4-14(12-16)9-11-20-17(22)7-6-15-8-10-19-13-15/h3-5,12,15,19H,6-11,13H2,1-2H3,(H,20,22). The molecule has 1 fully saturated rings. The number of rotatable bonds is 7. The Balaban J connectivity index is 1.72. The van der Waals surface area contributed by atoms with Crippen LogP contribution in [-0.4, -0.2) is 50.4 Å². The lowest BCUT2D eigenvalue weighted by atomic mass is 10.0. The lowest BCUT2D eigenvalue weighted by molar-refractivity contribution is -0.121. The van der Waals surface area contributed by atoms with Crippen LogP contribution in [0.2, 0.25) is 0 Å². The maximum absolute atomic E-state index is 11.9. The van der Waals surface area contributed by atoms with E-state index in [0.717, 1.165) is 31.5 Å². The molecule has 126 valence electrons. The van der Waals surface area contributed by atoms with Gasteiger partial charge in [-0.3, -0.25) is 9.59 Å². The minimum Gasteiger partial charge on any atom is -0.356 e. The number of hydrogen-bond acceptors (Lipinski definition) is 3. The molecule has 1 aliphatic rings. The molecule has 1 heterocycles. The number of carbonyl (C=O) groups excluding carboxylic acids is 2. The topological polar surface area (TPSA) is 61.4 Å². The molecule has 1 aliphatic heterocycles. The highest BCUT2D eigenvalue weighted by molar-refractivity contribution is 5.94. The van der Waals surface area contributed by atoms with Crippen molar-refractivity contribution in [1.29, 1.82) is 0 Å². The molecule has 2 N–H and O–H groups in total. The Hall–Kier alpha value is -1.88. The molecule has 1 saturated heterocycles. The van der Waals surface area contributed by atoms with Crippen molar-refractivity contribution in [2.24, 2.45) is 5.92 Å². The molecular formula is C18H27N3O2. The maximum atomic E-state index is 11.9. The zero-order valence-corrected chi connectivity index (χ0v) is 14.1. The minimum atomic E-state index is 0.000980. The number of nitrogens with zero attached hydrogens (tertiary/aromatic N) is 1. The third-order valence-electron chi connectivity index (χ3n) is 4.26. The van der Waals surface area contributed by atoms with Crippen LogP contribution in [-0.2, 0) is 11.2 Å². The van der Waals surface area contributed by atoms with Crippen LogP contribution >= 0.6 is 0 Å². The van der Waals surface area contributed by atoms with Crippen molar-refractivity contribution < 1.29 is 9.59 Å². The molecule has 2 amide bonds. The molecule has 23 heavy (non-hydrogen) atoms. The van der Waals surface area contributed by atoms with Crippen molar-refractivity contribution in [2.75, 3.05) is 33.7 Å². The van der Waals surface area contributed by atoms with E-state index < -0.39 is 0 Å². The predicted molar refractivity (Wildman–Crippen MR) is 91.4 cm³/mol. The molecule has 1 aromatic rings. The van der Waals surface area contributed by atoms with Gasteiger partial charge in [0.25, 0.3) is 5.91 Å². The minimum absolute atomic E-state index is 0.000980. The second kappa shape index (κ2) is 8.67. The van der Waals surface area contributed by atoms with E-state index in [2.05, 4.69) is 10.6 Å². The molecule has 2 rings (SSSR count). The van der Waals surface area contributed by atoms with Crippen molar-refractivity contribution in [1.82, 2.24) is 15.5 Å². The lowest BCUT2D eigenvalue weighted by Crippen LogP contribution is -2.26. The summed E-state index contributed by atoms with van der Waals surface area (Å²) in [6.07, 6.45) is 3.49. The van der Waals surface area contributed by atoms with E-state index in [-0.39, 0.29) is 11.8 Å². The van der Waals surface area contributed by atoms with Crippen LogP contribution in [0.4, 0.5) is 0 Å². The number of benzene rings is 1. The van der Waals surface area contributed by atoms with Crippen molar-refractivity contribution in [3.63, 3.8) is 0 Å². The highest BCUT2D eigenvalue weighted by Crippen LogP contribution is 2.14. The van der Waals surface area contributed by atoms with Gasteiger partial charge < -0.3 is 15.5 Å². The van der Waals surface area contributed by atoms with Crippen LogP contribution in [0.25, 0.3) is 0 Å². The Morgan fingerprint density at radius 1 is 1.35 bits per heavy atom. The molecule has 5 heteroatoms. The molecule has 5 nitrogen and oxygen atoms in total. The first kappa shape index (κ1) is 17.5. The first-order valence-corrected chi connectivity index (χ1v) is 8.34. The van der Waals surface area contributed by atoms with Gasteiger partial charge in [-0.05, 0) is 56.0 Å². The molecule has 0 aromatic heterocycles. The molecule has 1 aromatic carbocycles. The van der Waals surface area contributed by atoms with E-state index in [0.29, 0.717) is 24.4 Å². The van der Waals surface area contributed by atoms with Crippen LogP contribution in [0.5, 0.6) is 0 Å². The van der Waals surface area contributed by atoms with Crippen LogP contribution < -0.4 is 10.6 Å². The quantitative estimate of drug-likeness (QED) is 0.800. The second-order valence-corrected chi connectivity index (χ2v) is 6.40. The molecule has 1 unspecified atom stereocenters. The number of carbonyl (C=O) groups is 2. The molecule has 0 bridgehead atoms. The predicted octanol–water partition coefficient (Wildman–Crippen LogP) is 1.44. The largest absolute Gasteiger partial charge is 0.356 e. The zero-order chi connectivity index (χ0) is 16.7. The van der Waals surface area contributed by atoms with Gasteiger partial charge >= 0.3 is 0 Å². The van der Waals surface area contributed by atoms with Gasteiger partial charge in [-0.15, -0.1) is 0 Å². The molecule has 0 saturated carbocycles. The first-order valence-electron chi connectivity index (χ1n) is 8.34. The summed E-state index contributed by atoms with van der Waals surface area (Å²) in [5.74, 6) is 0.771. The SMILES string of the molecule is CN(C)C(=O)c1cccc(CCNC(=O)CCC2CCNC2)c1. The first-order chi connectivity index (χ1) is 11.1. The number of hydrogen-bond donors (Lipinski definition) is 2. The fourth-order valence-corrected chi connectivity index (χ4v) is 2.85. The van der Waals surface area contributed by atoms with Gasteiger partial charge in [-0.2, -0.15) is 0 Å². The van der Waals surface area contributed by atoms with Crippen LogP contribution in [0.15, 0.2) is 24.3 Å². The Bertz CT molecular complexity index is 537. The molecule has 1 atom stereocenters. The van der Waals surface area contributed by atoms with E-state index in [1.54, 1.807) is 19.0 Å². The van der Waals surface area contributed by atoms with Gasteiger partial charge in [0, 0.05) is 32.6 Å². The average molecular weight is 317 g/mol. The smallest absolute Gasteiger partial charge is 0.253 e. The third kappa shape index (κ3) is 5.67. The summed E-state index contributed by atoms with van der Waals surface area (Å²) in [4.78, 5) is 25.4. The molecule has 0 spiro atoms. The fourth-order valence-electron chi connectivity index (χ4n) is 2.85. The summed E-state index contributed by atoms with van der Waals surface area (Å²) < 4.78 is 0. The van der Waals surface area contributed by atoms with Gasteiger partial charge in [0.1, 0.15) is 0 Å². The van der Waals surface area contributed by atoms with Crippen LogP contribution in [0.3, 0.4) is 0 Å². The second-order valence-electron chi connectivity index (χ2n) is 6.40. The zero-order valence-electron chi connectivity index (χ0n) is 14.1. The summed E-state index contributed by atoms with van der Waals surface area (Å²) in [7, 11) is 3.49. The molecule has 0 radical (unpaired) electrons. The lowest BCUT2D eigenvalue weighted by Gasteiger charge is -2.11. The van der Waals surface area contributed by atoms with Crippen molar-refractivity contribution in [2.45, 2.75) is 25.7 Å². The van der Waals surface area contributed by atoms with Crippen LogP contribution in [0, 0.1) is 5.92 Å². The molecule has 0 aliphatic carbocycles.